The lowest BCUT2D eigenvalue weighted by atomic mass is 10.1. The highest BCUT2D eigenvalue weighted by Crippen LogP contribution is 2.16. The van der Waals surface area contributed by atoms with Gasteiger partial charge in [0.1, 0.15) is 5.60 Å². The standard InChI is InChI=1S/C28H38N4O4/c1-28(2,3)35-27(34)36-32-20-17-29-26(32)24-13-11-22(12-14-24)15-19-31(5)25(33)16-18-30(4)21-23-9-7-6-8-10-23/h6-14H,15-21H2,1-5H3. The zero-order chi connectivity index (χ0) is 26.1. The van der Waals surface area contributed by atoms with Gasteiger partial charge in [-0.1, -0.05) is 54.6 Å². The number of hydrogen-bond acceptors (Lipinski definition) is 7. The number of amides is 1. The molecular formula is C28H38N4O4. The molecule has 0 spiro atoms. The summed E-state index contributed by atoms with van der Waals surface area (Å²) in [4.78, 5) is 38.4. The highest BCUT2D eigenvalue weighted by atomic mass is 16.8. The Morgan fingerprint density at radius 2 is 1.67 bits per heavy atom. The summed E-state index contributed by atoms with van der Waals surface area (Å²) in [5.74, 6) is 0.751. The number of hydrogen-bond donors (Lipinski definition) is 0. The van der Waals surface area contributed by atoms with Crippen LogP contribution in [0.2, 0.25) is 0 Å². The first kappa shape index (κ1) is 27.2. The molecule has 0 atom stereocenters. The normalized spacial score (nSPS) is 13.5. The molecule has 1 amide bonds. The Morgan fingerprint density at radius 3 is 2.33 bits per heavy atom. The molecule has 1 aliphatic heterocycles. The van der Waals surface area contributed by atoms with Crippen LogP contribution in [0.3, 0.4) is 0 Å². The monoisotopic (exact) mass is 494 g/mol. The molecule has 1 heterocycles. The van der Waals surface area contributed by atoms with Crippen LogP contribution in [0.15, 0.2) is 59.6 Å². The van der Waals surface area contributed by atoms with Crippen LogP contribution in [0.4, 0.5) is 4.79 Å². The van der Waals surface area contributed by atoms with E-state index in [9.17, 15) is 9.59 Å². The highest BCUT2D eigenvalue weighted by Gasteiger charge is 2.26. The van der Waals surface area contributed by atoms with Crippen LogP contribution in [-0.4, -0.2) is 78.6 Å². The Hall–Kier alpha value is -3.39. The van der Waals surface area contributed by atoms with E-state index >= 15 is 0 Å². The van der Waals surface area contributed by atoms with Gasteiger partial charge in [0.15, 0.2) is 5.84 Å². The number of rotatable bonds is 10. The summed E-state index contributed by atoms with van der Waals surface area (Å²) in [5.41, 5.74) is 2.61. The van der Waals surface area contributed by atoms with Gasteiger partial charge < -0.3 is 19.4 Å². The van der Waals surface area contributed by atoms with Gasteiger partial charge in [-0.25, -0.2) is 4.79 Å². The van der Waals surface area contributed by atoms with Crippen LogP contribution in [0.5, 0.6) is 0 Å². The van der Waals surface area contributed by atoms with Gasteiger partial charge in [0.05, 0.1) is 13.1 Å². The van der Waals surface area contributed by atoms with Crippen molar-refractivity contribution in [3.05, 3.63) is 71.3 Å². The van der Waals surface area contributed by atoms with Crippen molar-refractivity contribution in [2.75, 3.05) is 40.3 Å². The number of carbonyl (C=O) groups is 2. The van der Waals surface area contributed by atoms with Crippen LogP contribution in [0, 0.1) is 0 Å². The molecule has 0 radical (unpaired) electrons. The number of ether oxygens (including phenoxy) is 1. The van der Waals surface area contributed by atoms with Gasteiger partial charge in [0.25, 0.3) is 0 Å². The Kier molecular flexibility index (Phi) is 9.47. The Balaban J connectivity index is 1.43. The Labute approximate surface area is 214 Å². The lowest BCUT2D eigenvalue weighted by molar-refractivity contribution is -0.130. The van der Waals surface area contributed by atoms with Gasteiger partial charge in [0, 0.05) is 38.7 Å². The largest absolute Gasteiger partial charge is 0.534 e. The third kappa shape index (κ3) is 8.68. The molecule has 3 rings (SSSR count). The first-order valence-electron chi connectivity index (χ1n) is 12.4. The number of amidine groups is 1. The molecule has 0 bridgehead atoms. The topological polar surface area (TPSA) is 74.7 Å². The smallest absolute Gasteiger partial charge is 0.427 e. The van der Waals surface area contributed by atoms with Gasteiger partial charge >= 0.3 is 6.16 Å². The third-order valence-corrected chi connectivity index (χ3v) is 5.75. The second-order valence-corrected chi connectivity index (χ2v) is 10.1. The first-order chi connectivity index (χ1) is 17.1. The van der Waals surface area contributed by atoms with E-state index in [1.807, 2.05) is 56.6 Å². The van der Waals surface area contributed by atoms with Gasteiger partial charge in [-0.15, -0.1) is 0 Å². The molecule has 0 unspecified atom stereocenters. The van der Waals surface area contributed by atoms with Crippen molar-refractivity contribution in [2.24, 2.45) is 4.99 Å². The maximum Gasteiger partial charge on any atom is 0.534 e. The molecule has 36 heavy (non-hydrogen) atoms. The van der Waals surface area contributed by atoms with Crippen LogP contribution in [0.25, 0.3) is 0 Å². The predicted octanol–water partition coefficient (Wildman–Crippen LogP) is 4.14. The molecule has 0 aliphatic carbocycles. The van der Waals surface area contributed by atoms with Crippen molar-refractivity contribution in [3.8, 4) is 0 Å². The van der Waals surface area contributed by atoms with Gasteiger partial charge in [-0.05, 0) is 45.4 Å². The minimum Gasteiger partial charge on any atom is -0.427 e. The lowest BCUT2D eigenvalue weighted by Crippen LogP contribution is -2.34. The molecule has 0 saturated carbocycles. The van der Waals surface area contributed by atoms with Crippen molar-refractivity contribution in [1.29, 1.82) is 0 Å². The average Bonchev–Trinajstić information content (AvgIpc) is 3.28. The number of nitrogens with zero attached hydrogens (tertiary/aromatic N) is 4. The second kappa shape index (κ2) is 12.5. The van der Waals surface area contributed by atoms with E-state index in [4.69, 9.17) is 9.57 Å². The van der Waals surface area contributed by atoms with Crippen LogP contribution in [-0.2, 0) is 27.3 Å². The second-order valence-electron chi connectivity index (χ2n) is 10.1. The molecule has 8 heteroatoms. The van der Waals surface area contributed by atoms with Gasteiger partial charge in [-0.3, -0.25) is 9.79 Å². The number of aliphatic imine (C=N–C) groups is 1. The lowest BCUT2D eigenvalue weighted by Gasteiger charge is -2.23. The van der Waals surface area contributed by atoms with Crippen molar-refractivity contribution in [3.63, 3.8) is 0 Å². The zero-order valence-electron chi connectivity index (χ0n) is 22.1. The fraction of sp³-hybridized carbons (Fsp3) is 0.464. The van der Waals surface area contributed by atoms with Crippen molar-refractivity contribution in [1.82, 2.24) is 14.9 Å². The molecule has 1 aliphatic rings. The van der Waals surface area contributed by atoms with Crippen molar-refractivity contribution >= 4 is 17.9 Å². The molecule has 0 fully saturated rings. The summed E-state index contributed by atoms with van der Waals surface area (Å²) in [6.45, 7) is 8.61. The molecule has 2 aromatic rings. The van der Waals surface area contributed by atoms with Gasteiger partial charge in [-0.2, -0.15) is 5.06 Å². The summed E-state index contributed by atoms with van der Waals surface area (Å²) in [5, 5.41) is 1.48. The van der Waals surface area contributed by atoms with E-state index in [0.717, 1.165) is 30.6 Å². The third-order valence-electron chi connectivity index (χ3n) is 5.75. The predicted molar refractivity (Wildman–Crippen MR) is 141 cm³/mol. The number of hydroxylamine groups is 2. The molecule has 194 valence electrons. The molecular weight excluding hydrogens is 456 g/mol. The average molecular weight is 495 g/mol. The summed E-state index contributed by atoms with van der Waals surface area (Å²) < 4.78 is 5.24. The molecule has 0 aromatic heterocycles. The Bertz CT molecular complexity index is 1030. The van der Waals surface area contributed by atoms with Gasteiger partial charge in [0.2, 0.25) is 5.91 Å². The summed E-state index contributed by atoms with van der Waals surface area (Å²) in [7, 11) is 3.89. The summed E-state index contributed by atoms with van der Waals surface area (Å²) in [6, 6.07) is 18.2. The van der Waals surface area contributed by atoms with E-state index in [1.165, 1.54) is 10.6 Å². The first-order valence-corrected chi connectivity index (χ1v) is 12.4. The summed E-state index contributed by atoms with van der Waals surface area (Å²) >= 11 is 0. The summed E-state index contributed by atoms with van der Waals surface area (Å²) in [6.07, 6.45) is 0.506. The molecule has 0 N–H and O–H groups in total. The maximum atomic E-state index is 12.6. The number of benzene rings is 2. The van der Waals surface area contributed by atoms with E-state index in [1.54, 1.807) is 25.7 Å². The van der Waals surface area contributed by atoms with E-state index < -0.39 is 11.8 Å². The van der Waals surface area contributed by atoms with Crippen LogP contribution < -0.4 is 0 Å². The minimum atomic E-state index is -0.743. The minimum absolute atomic E-state index is 0.141. The number of likely N-dealkylation sites (N-methyl/N-ethyl adjacent to an activating group) is 1. The molecule has 0 saturated heterocycles. The molecule has 2 aromatic carbocycles. The van der Waals surface area contributed by atoms with Crippen LogP contribution in [0.1, 0.15) is 43.9 Å². The quantitative estimate of drug-likeness (QED) is 0.462. The number of carbonyl (C=O) groups excluding carboxylic acids is 2. The van der Waals surface area contributed by atoms with Crippen molar-refractivity contribution in [2.45, 2.75) is 45.8 Å². The van der Waals surface area contributed by atoms with E-state index in [0.29, 0.717) is 31.9 Å². The van der Waals surface area contributed by atoms with Crippen LogP contribution >= 0.6 is 0 Å². The zero-order valence-corrected chi connectivity index (χ0v) is 22.1. The van der Waals surface area contributed by atoms with E-state index in [2.05, 4.69) is 22.0 Å². The van der Waals surface area contributed by atoms with Crippen molar-refractivity contribution < 1.29 is 19.2 Å². The Morgan fingerprint density at radius 1 is 0.972 bits per heavy atom. The molecule has 8 nitrogen and oxygen atoms in total. The highest BCUT2D eigenvalue weighted by molar-refractivity contribution is 5.99. The van der Waals surface area contributed by atoms with E-state index in [-0.39, 0.29) is 5.91 Å². The SMILES string of the molecule is CN(CCC(=O)N(C)CCc1ccc(C2=NCCN2OC(=O)OC(C)(C)C)cc1)Cc1ccccc1. The maximum absolute atomic E-state index is 12.6. The fourth-order valence-electron chi connectivity index (χ4n) is 3.81. The fourth-order valence-corrected chi connectivity index (χ4v) is 3.81.